The Morgan fingerprint density at radius 2 is 2.31 bits per heavy atom. The van der Waals surface area contributed by atoms with Crippen LogP contribution in [0.2, 0.25) is 0 Å². The van der Waals surface area contributed by atoms with Gasteiger partial charge in [0.15, 0.2) is 0 Å². The third kappa shape index (κ3) is 3.46. The van der Waals surface area contributed by atoms with E-state index in [4.69, 9.17) is 10.5 Å². The number of hydrogen-bond acceptors (Lipinski definition) is 2. The third-order valence-electron chi connectivity index (χ3n) is 1.78. The van der Waals surface area contributed by atoms with Crippen molar-refractivity contribution in [1.82, 2.24) is 0 Å². The van der Waals surface area contributed by atoms with Gasteiger partial charge in [-0.1, -0.05) is 28.1 Å². The van der Waals surface area contributed by atoms with Gasteiger partial charge in [0.25, 0.3) is 0 Å². The topological polar surface area (TPSA) is 35.2 Å². The van der Waals surface area contributed by atoms with Crippen LogP contribution >= 0.6 is 15.9 Å². The fourth-order valence-electron chi connectivity index (χ4n) is 1.08. The number of hydrogen-bond donors (Lipinski definition) is 1. The first-order valence-corrected chi connectivity index (χ1v) is 5.12. The molecule has 0 heterocycles. The van der Waals surface area contributed by atoms with E-state index in [0.29, 0.717) is 13.2 Å². The Kier molecular flexibility index (Phi) is 4.42. The second kappa shape index (κ2) is 5.37. The van der Waals surface area contributed by atoms with E-state index in [1.807, 2.05) is 31.2 Å². The maximum Gasteiger partial charge on any atom is 0.0659 e. The lowest BCUT2D eigenvalue weighted by atomic mass is 10.1. The average Bonchev–Trinajstić information content (AvgIpc) is 2.14. The van der Waals surface area contributed by atoms with Gasteiger partial charge >= 0.3 is 0 Å². The molecule has 72 valence electrons. The van der Waals surface area contributed by atoms with E-state index < -0.39 is 0 Å². The van der Waals surface area contributed by atoms with Gasteiger partial charge in [0.05, 0.1) is 12.6 Å². The maximum absolute atomic E-state index is 5.90. The molecule has 0 aliphatic carbocycles. The van der Waals surface area contributed by atoms with Crippen LogP contribution in [0.25, 0.3) is 0 Å². The Morgan fingerprint density at radius 1 is 1.54 bits per heavy atom. The van der Waals surface area contributed by atoms with Crippen LogP contribution in [-0.2, 0) is 4.74 Å². The molecule has 0 aliphatic heterocycles. The average molecular weight is 244 g/mol. The molecule has 0 aliphatic rings. The molecule has 1 aromatic carbocycles. The van der Waals surface area contributed by atoms with Gasteiger partial charge in [0, 0.05) is 11.1 Å². The highest BCUT2D eigenvalue weighted by Crippen LogP contribution is 2.16. The van der Waals surface area contributed by atoms with Gasteiger partial charge in [-0.25, -0.2) is 0 Å². The molecular formula is C10H14BrNO. The van der Waals surface area contributed by atoms with Gasteiger partial charge in [-0.15, -0.1) is 0 Å². The number of ether oxygens (including phenoxy) is 1. The molecule has 0 amide bonds. The first-order chi connectivity index (χ1) is 6.24. The van der Waals surface area contributed by atoms with E-state index in [1.165, 1.54) is 0 Å². The monoisotopic (exact) mass is 243 g/mol. The minimum Gasteiger partial charge on any atom is -0.380 e. The number of nitrogens with two attached hydrogens (primary N) is 1. The van der Waals surface area contributed by atoms with Gasteiger partial charge < -0.3 is 10.5 Å². The van der Waals surface area contributed by atoms with Crippen LogP contribution in [0.4, 0.5) is 0 Å². The predicted molar refractivity (Wildman–Crippen MR) is 57.6 cm³/mol. The lowest BCUT2D eigenvalue weighted by Gasteiger charge is -2.11. The molecule has 0 fully saturated rings. The zero-order valence-corrected chi connectivity index (χ0v) is 9.25. The molecule has 1 unspecified atom stereocenters. The van der Waals surface area contributed by atoms with E-state index in [0.717, 1.165) is 10.0 Å². The molecular weight excluding hydrogens is 230 g/mol. The Morgan fingerprint density at radius 3 is 2.92 bits per heavy atom. The van der Waals surface area contributed by atoms with Crippen molar-refractivity contribution < 1.29 is 4.74 Å². The molecule has 1 atom stereocenters. The lowest BCUT2D eigenvalue weighted by molar-refractivity contribution is 0.133. The Labute approximate surface area is 87.2 Å². The van der Waals surface area contributed by atoms with E-state index in [9.17, 15) is 0 Å². The molecule has 0 aromatic heterocycles. The largest absolute Gasteiger partial charge is 0.380 e. The predicted octanol–water partition coefficient (Wildman–Crippen LogP) is 2.49. The molecule has 0 spiro atoms. The minimum absolute atomic E-state index is 0.0301. The lowest BCUT2D eigenvalue weighted by Crippen LogP contribution is -2.16. The minimum atomic E-state index is -0.0301. The van der Waals surface area contributed by atoms with Gasteiger partial charge in [-0.2, -0.15) is 0 Å². The second-order valence-electron chi connectivity index (χ2n) is 2.82. The highest BCUT2D eigenvalue weighted by Gasteiger charge is 2.05. The van der Waals surface area contributed by atoms with Crippen molar-refractivity contribution in [3.05, 3.63) is 34.3 Å². The molecule has 3 heteroatoms. The molecule has 2 nitrogen and oxygen atoms in total. The summed E-state index contributed by atoms with van der Waals surface area (Å²) in [5.41, 5.74) is 7.00. The molecule has 2 N–H and O–H groups in total. The summed E-state index contributed by atoms with van der Waals surface area (Å²) in [5.74, 6) is 0. The molecule has 1 aromatic rings. The normalized spacial score (nSPS) is 12.8. The zero-order valence-electron chi connectivity index (χ0n) is 7.66. The van der Waals surface area contributed by atoms with Gasteiger partial charge in [0.2, 0.25) is 0 Å². The smallest absolute Gasteiger partial charge is 0.0659 e. The zero-order chi connectivity index (χ0) is 9.68. The van der Waals surface area contributed by atoms with Crippen molar-refractivity contribution in [2.24, 2.45) is 5.73 Å². The van der Waals surface area contributed by atoms with E-state index >= 15 is 0 Å². The van der Waals surface area contributed by atoms with Crippen molar-refractivity contribution in [1.29, 1.82) is 0 Å². The summed E-state index contributed by atoms with van der Waals surface area (Å²) in [6, 6.07) is 7.96. The van der Waals surface area contributed by atoms with Crippen molar-refractivity contribution in [3.8, 4) is 0 Å². The molecule has 0 bridgehead atoms. The van der Waals surface area contributed by atoms with Crippen LogP contribution in [0.5, 0.6) is 0 Å². The highest BCUT2D eigenvalue weighted by molar-refractivity contribution is 9.10. The van der Waals surface area contributed by atoms with Crippen molar-refractivity contribution in [2.75, 3.05) is 13.2 Å². The summed E-state index contributed by atoms with van der Waals surface area (Å²) in [7, 11) is 0. The standard InChI is InChI=1S/C10H14BrNO/c1-2-13-7-10(12)8-4-3-5-9(11)6-8/h3-6,10H,2,7,12H2,1H3. The van der Waals surface area contributed by atoms with Crippen LogP contribution in [-0.4, -0.2) is 13.2 Å². The fourth-order valence-corrected chi connectivity index (χ4v) is 1.50. The Bertz CT molecular complexity index is 265. The first kappa shape index (κ1) is 10.7. The molecule has 1 rings (SSSR count). The summed E-state index contributed by atoms with van der Waals surface area (Å²) in [6.45, 7) is 3.25. The maximum atomic E-state index is 5.90. The van der Waals surface area contributed by atoms with Gasteiger partial charge in [-0.3, -0.25) is 0 Å². The van der Waals surface area contributed by atoms with Crippen molar-refractivity contribution >= 4 is 15.9 Å². The second-order valence-corrected chi connectivity index (χ2v) is 3.74. The van der Waals surface area contributed by atoms with E-state index in [2.05, 4.69) is 15.9 Å². The molecule has 0 saturated heterocycles. The fraction of sp³-hybridized carbons (Fsp3) is 0.400. The number of halogens is 1. The van der Waals surface area contributed by atoms with Crippen molar-refractivity contribution in [2.45, 2.75) is 13.0 Å². The summed E-state index contributed by atoms with van der Waals surface area (Å²) in [4.78, 5) is 0. The SMILES string of the molecule is CCOCC(N)c1cccc(Br)c1. The summed E-state index contributed by atoms with van der Waals surface area (Å²) >= 11 is 3.40. The summed E-state index contributed by atoms with van der Waals surface area (Å²) in [5, 5.41) is 0. The third-order valence-corrected chi connectivity index (χ3v) is 2.27. The van der Waals surface area contributed by atoms with E-state index in [-0.39, 0.29) is 6.04 Å². The van der Waals surface area contributed by atoms with Gasteiger partial charge in [0.1, 0.15) is 0 Å². The van der Waals surface area contributed by atoms with Crippen LogP contribution in [0.15, 0.2) is 28.7 Å². The summed E-state index contributed by atoms with van der Waals surface area (Å²) < 4.78 is 6.30. The van der Waals surface area contributed by atoms with Gasteiger partial charge in [-0.05, 0) is 24.6 Å². The van der Waals surface area contributed by atoms with Crippen LogP contribution in [0.3, 0.4) is 0 Å². The summed E-state index contributed by atoms with van der Waals surface area (Å²) in [6.07, 6.45) is 0. The molecule has 13 heavy (non-hydrogen) atoms. The van der Waals surface area contributed by atoms with Crippen LogP contribution < -0.4 is 5.73 Å². The van der Waals surface area contributed by atoms with Crippen molar-refractivity contribution in [3.63, 3.8) is 0 Å². The molecule has 0 radical (unpaired) electrons. The number of benzene rings is 1. The molecule has 0 saturated carbocycles. The van der Waals surface area contributed by atoms with Crippen LogP contribution in [0.1, 0.15) is 18.5 Å². The quantitative estimate of drug-likeness (QED) is 0.883. The first-order valence-electron chi connectivity index (χ1n) is 4.33. The highest BCUT2D eigenvalue weighted by atomic mass is 79.9. The van der Waals surface area contributed by atoms with E-state index in [1.54, 1.807) is 0 Å². The Balaban J connectivity index is 2.60. The van der Waals surface area contributed by atoms with Crippen LogP contribution in [0, 0.1) is 0 Å². The number of rotatable bonds is 4. The Hall–Kier alpha value is -0.380.